The largest absolute Gasteiger partial charge is 0.393 e. The third-order valence-electron chi connectivity index (χ3n) is 4.25. The van der Waals surface area contributed by atoms with Crippen LogP contribution in [0.2, 0.25) is 0 Å². The molecule has 1 N–H and O–H groups in total. The van der Waals surface area contributed by atoms with Crippen LogP contribution in [0.4, 0.5) is 4.39 Å². The Morgan fingerprint density at radius 1 is 1.50 bits per heavy atom. The predicted molar refractivity (Wildman–Crippen MR) is 85.0 cm³/mol. The zero-order chi connectivity index (χ0) is 17.2. The van der Waals surface area contributed by atoms with Gasteiger partial charge in [0.05, 0.1) is 19.8 Å². The average Bonchev–Trinajstić information content (AvgIpc) is 3.00. The van der Waals surface area contributed by atoms with Crippen molar-refractivity contribution in [3.05, 3.63) is 53.9 Å². The van der Waals surface area contributed by atoms with E-state index in [2.05, 4.69) is 4.98 Å². The van der Waals surface area contributed by atoms with Gasteiger partial charge in [0.15, 0.2) is 5.82 Å². The van der Waals surface area contributed by atoms with Gasteiger partial charge in [0, 0.05) is 32.4 Å². The summed E-state index contributed by atoms with van der Waals surface area (Å²) in [6.07, 6.45) is 3.60. The molecule has 6 nitrogen and oxygen atoms in total. The van der Waals surface area contributed by atoms with Crippen molar-refractivity contribution in [2.45, 2.75) is 12.0 Å². The Morgan fingerprint density at radius 3 is 3.00 bits per heavy atom. The molecular formula is C17H20FN3O3. The van der Waals surface area contributed by atoms with E-state index in [4.69, 9.17) is 4.74 Å². The van der Waals surface area contributed by atoms with Crippen molar-refractivity contribution in [3.63, 3.8) is 0 Å². The topological polar surface area (TPSA) is 67.6 Å². The third kappa shape index (κ3) is 3.32. The molecule has 24 heavy (non-hydrogen) atoms. The minimum Gasteiger partial charge on any atom is -0.393 e. The summed E-state index contributed by atoms with van der Waals surface area (Å²) in [6, 6.07) is 6.19. The number of aryl methyl sites for hydroxylation is 1. The van der Waals surface area contributed by atoms with E-state index in [-0.39, 0.29) is 24.9 Å². The number of rotatable bonds is 4. The van der Waals surface area contributed by atoms with Gasteiger partial charge in [-0.15, -0.1) is 0 Å². The number of aromatic nitrogens is 2. The summed E-state index contributed by atoms with van der Waals surface area (Å²) in [5, 5.41) is 9.88. The highest BCUT2D eigenvalue weighted by atomic mass is 19.1. The number of carbonyl (C=O) groups is 1. The summed E-state index contributed by atoms with van der Waals surface area (Å²) in [5.74, 6) is -0.199. The lowest BCUT2D eigenvalue weighted by molar-refractivity contribution is -0.123. The van der Waals surface area contributed by atoms with Gasteiger partial charge in [-0.2, -0.15) is 0 Å². The second kappa shape index (κ2) is 6.70. The molecule has 2 heterocycles. The van der Waals surface area contributed by atoms with Gasteiger partial charge in [0.25, 0.3) is 5.91 Å². The van der Waals surface area contributed by atoms with E-state index in [1.54, 1.807) is 41.0 Å². The van der Waals surface area contributed by atoms with Gasteiger partial charge in [0.1, 0.15) is 11.4 Å². The Balaban J connectivity index is 1.79. The number of amides is 1. The number of ether oxygens (including phenoxy) is 1. The van der Waals surface area contributed by atoms with E-state index in [9.17, 15) is 14.3 Å². The molecule has 1 fully saturated rings. The van der Waals surface area contributed by atoms with Crippen molar-refractivity contribution in [3.8, 4) is 0 Å². The fraction of sp³-hybridized carbons (Fsp3) is 0.412. The molecule has 0 radical (unpaired) electrons. The number of imidazole rings is 1. The normalized spacial score (nSPS) is 21.0. The predicted octanol–water partition coefficient (Wildman–Crippen LogP) is 1.01. The van der Waals surface area contributed by atoms with Crippen LogP contribution in [-0.2, 0) is 18.2 Å². The monoisotopic (exact) mass is 333 g/mol. The number of benzene rings is 1. The van der Waals surface area contributed by atoms with Crippen LogP contribution in [0.25, 0.3) is 0 Å². The summed E-state index contributed by atoms with van der Waals surface area (Å²) in [5.41, 5.74) is -0.220. The van der Waals surface area contributed by atoms with E-state index in [1.165, 1.54) is 12.1 Å². The Morgan fingerprint density at radius 2 is 2.33 bits per heavy atom. The van der Waals surface area contributed by atoms with E-state index >= 15 is 0 Å². The summed E-state index contributed by atoms with van der Waals surface area (Å²) in [6.45, 7) is 0.711. The standard InChI is InChI=1S/C17H20FN3O3/c1-20-6-5-19-15(20)16(23)21-7-8-24-17(11-21,12-22)10-13-3-2-4-14(18)9-13/h2-6,9,22H,7-8,10-12H2,1H3/t17-/m1/s1. The van der Waals surface area contributed by atoms with Gasteiger partial charge >= 0.3 is 0 Å². The van der Waals surface area contributed by atoms with E-state index in [0.29, 0.717) is 25.4 Å². The van der Waals surface area contributed by atoms with Gasteiger partial charge in [0.2, 0.25) is 0 Å². The highest BCUT2D eigenvalue weighted by molar-refractivity contribution is 5.91. The molecule has 0 unspecified atom stereocenters. The smallest absolute Gasteiger partial charge is 0.290 e. The molecule has 1 atom stereocenters. The van der Waals surface area contributed by atoms with Crippen LogP contribution in [0.1, 0.15) is 16.2 Å². The Hall–Kier alpha value is -2.25. The summed E-state index contributed by atoms with van der Waals surface area (Å²) >= 11 is 0. The molecular weight excluding hydrogens is 313 g/mol. The lowest BCUT2D eigenvalue weighted by Crippen LogP contribution is -2.57. The minimum absolute atomic E-state index is 0.206. The number of morpholine rings is 1. The molecule has 2 aromatic rings. The van der Waals surface area contributed by atoms with E-state index < -0.39 is 5.60 Å². The molecule has 1 saturated heterocycles. The Bertz CT molecular complexity index is 733. The minimum atomic E-state index is -0.938. The molecule has 0 spiro atoms. The molecule has 1 aromatic carbocycles. The maximum absolute atomic E-state index is 13.4. The molecule has 1 aliphatic rings. The Kier molecular flexibility index (Phi) is 4.64. The molecule has 0 aliphatic carbocycles. The van der Waals surface area contributed by atoms with Crippen LogP contribution < -0.4 is 0 Å². The molecule has 1 amide bonds. The number of carbonyl (C=O) groups excluding carboxylic acids is 1. The number of hydrogen-bond donors (Lipinski definition) is 1. The van der Waals surface area contributed by atoms with Crippen molar-refractivity contribution in [2.75, 3.05) is 26.3 Å². The fourth-order valence-corrected chi connectivity index (χ4v) is 3.01. The maximum Gasteiger partial charge on any atom is 0.290 e. The first-order valence-corrected chi connectivity index (χ1v) is 7.79. The van der Waals surface area contributed by atoms with Crippen LogP contribution in [-0.4, -0.2) is 57.4 Å². The van der Waals surface area contributed by atoms with Crippen molar-refractivity contribution in [1.29, 1.82) is 0 Å². The summed E-state index contributed by atoms with van der Waals surface area (Å²) in [7, 11) is 1.76. The lowest BCUT2D eigenvalue weighted by atomic mass is 9.93. The van der Waals surface area contributed by atoms with E-state index in [1.807, 2.05) is 0 Å². The molecule has 7 heteroatoms. The zero-order valence-electron chi connectivity index (χ0n) is 13.5. The number of hydrogen-bond acceptors (Lipinski definition) is 4. The van der Waals surface area contributed by atoms with Crippen molar-refractivity contribution < 1.29 is 19.0 Å². The lowest BCUT2D eigenvalue weighted by Gasteiger charge is -2.41. The summed E-state index contributed by atoms with van der Waals surface area (Å²) < 4.78 is 20.9. The SMILES string of the molecule is Cn1ccnc1C(=O)N1CCO[C@](CO)(Cc2cccc(F)c2)C1. The number of aliphatic hydroxyl groups is 1. The first-order chi connectivity index (χ1) is 11.5. The zero-order valence-corrected chi connectivity index (χ0v) is 13.5. The van der Waals surface area contributed by atoms with Gasteiger partial charge < -0.3 is 19.3 Å². The first kappa shape index (κ1) is 16.6. The second-order valence-corrected chi connectivity index (χ2v) is 6.08. The maximum atomic E-state index is 13.4. The molecule has 1 aromatic heterocycles. The molecule has 0 saturated carbocycles. The molecule has 3 rings (SSSR count). The van der Waals surface area contributed by atoms with E-state index in [0.717, 1.165) is 5.56 Å². The highest BCUT2D eigenvalue weighted by Gasteiger charge is 2.39. The molecule has 1 aliphatic heterocycles. The van der Waals surface area contributed by atoms with Crippen LogP contribution in [0.15, 0.2) is 36.7 Å². The van der Waals surface area contributed by atoms with Gasteiger partial charge in [-0.1, -0.05) is 12.1 Å². The Labute approximate surface area is 139 Å². The number of aliphatic hydroxyl groups excluding tert-OH is 1. The highest BCUT2D eigenvalue weighted by Crippen LogP contribution is 2.24. The van der Waals surface area contributed by atoms with Crippen molar-refractivity contribution >= 4 is 5.91 Å². The quantitative estimate of drug-likeness (QED) is 0.907. The number of halogens is 1. The first-order valence-electron chi connectivity index (χ1n) is 7.79. The summed E-state index contributed by atoms with van der Waals surface area (Å²) in [4.78, 5) is 18.3. The van der Waals surface area contributed by atoms with Gasteiger partial charge in [-0.25, -0.2) is 9.37 Å². The van der Waals surface area contributed by atoms with Gasteiger partial charge in [-0.3, -0.25) is 4.79 Å². The van der Waals surface area contributed by atoms with Crippen LogP contribution in [0.3, 0.4) is 0 Å². The molecule has 0 bridgehead atoms. The van der Waals surface area contributed by atoms with Crippen LogP contribution >= 0.6 is 0 Å². The van der Waals surface area contributed by atoms with Crippen molar-refractivity contribution in [1.82, 2.24) is 14.5 Å². The molecule has 128 valence electrons. The number of nitrogens with zero attached hydrogens (tertiary/aromatic N) is 3. The second-order valence-electron chi connectivity index (χ2n) is 6.08. The third-order valence-corrected chi connectivity index (χ3v) is 4.25. The fourth-order valence-electron chi connectivity index (χ4n) is 3.01. The van der Waals surface area contributed by atoms with Crippen molar-refractivity contribution in [2.24, 2.45) is 7.05 Å². The van der Waals surface area contributed by atoms with Crippen LogP contribution in [0.5, 0.6) is 0 Å². The van der Waals surface area contributed by atoms with Gasteiger partial charge in [-0.05, 0) is 17.7 Å². The van der Waals surface area contributed by atoms with Crippen LogP contribution in [0, 0.1) is 5.82 Å². The average molecular weight is 333 g/mol.